The highest BCUT2D eigenvalue weighted by molar-refractivity contribution is 6.20. The first kappa shape index (κ1) is 12.5. The monoisotopic (exact) mass is 226 g/mol. The molecule has 15 heavy (non-hydrogen) atoms. The zero-order valence-corrected chi connectivity index (χ0v) is 10.5. The van der Waals surface area contributed by atoms with Gasteiger partial charge in [0.1, 0.15) is 0 Å². The van der Waals surface area contributed by atoms with Crippen molar-refractivity contribution in [1.82, 2.24) is 9.88 Å². The van der Waals surface area contributed by atoms with Crippen molar-refractivity contribution in [2.45, 2.75) is 32.2 Å². The van der Waals surface area contributed by atoms with Gasteiger partial charge >= 0.3 is 0 Å². The van der Waals surface area contributed by atoms with Crippen molar-refractivity contribution in [3.05, 3.63) is 29.6 Å². The van der Waals surface area contributed by atoms with Crippen molar-refractivity contribution in [1.29, 1.82) is 0 Å². The average molecular weight is 227 g/mol. The van der Waals surface area contributed by atoms with Crippen molar-refractivity contribution < 1.29 is 0 Å². The van der Waals surface area contributed by atoms with Gasteiger partial charge in [0.05, 0.1) is 5.69 Å². The van der Waals surface area contributed by atoms with E-state index >= 15 is 0 Å². The van der Waals surface area contributed by atoms with E-state index in [9.17, 15) is 0 Å². The second-order valence-corrected chi connectivity index (χ2v) is 4.82. The smallest absolute Gasteiger partial charge is 0.0572 e. The van der Waals surface area contributed by atoms with Crippen molar-refractivity contribution in [3.8, 4) is 0 Å². The third kappa shape index (κ3) is 4.63. The predicted molar refractivity (Wildman–Crippen MR) is 65.2 cm³/mol. The van der Waals surface area contributed by atoms with Gasteiger partial charge in [-0.15, -0.1) is 11.6 Å². The summed E-state index contributed by atoms with van der Waals surface area (Å²) < 4.78 is 0. The number of aryl methyl sites for hydroxylation is 1. The molecular formula is C12H19ClN2. The predicted octanol–water partition coefficient (Wildman–Crippen LogP) is 2.84. The first-order valence-corrected chi connectivity index (χ1v) is 5.76. The normalized spacial score (nSPS) is 13.1. The van der Waals surface area contributed by atoms with Gasteiger partial charge in [-0.3, -0.25) is 4.98 Å². The van der Waals surface area contributed by atoms with Crippen LogP contribution >= 0.6 is 11.6 Å². The molecule has 1 heterocycles. The second-order valence-electron chi connectivity index (χ2n) is 4.07. The van der Waals surface area contributed by atoms with Crippen LogP contribution in [-0.2, 0) is 6.54 Å². The van der Waals surface area contributed by atoms with E-state index in [-0.39, 0.29) is 5.38 Å². The van der Waals surface area contributed by atoms with Gasteiger partial charge in [0.2, 0.25) is 0 Å². The number of hydrogen-bond donors (Lipinski definition) is 0. The van der Waals surface area contributed by atoms with Gasteiger partial charge in [-0.1, -0.05) is 6.07 Å². The summed E-state index contributed by atoms with van der Waals surface area (Å²) in [6.45, 7) is 6.04. The number of aromatic nitrogens is 1. The largest absolute Gasteiger partial charge is 0.300 e. The van der Waals surface area contributed by atoms with Crippen molar-refractivity contribution in [2.24, 2.45) is 0 Å². The molecule has 0 saturated carbocycles. The summed E-state index contributed by atoms with van der Waals surface area (Å²) in [6.07, 6.45) is 2.87. The Bertz CT molecular complexity index is 299. The highest BCUT2D eigenvalue weighted by Gasteiger charge is 2.05. The lowest BCUT2D eigenvalue weighted by atomic mass is 10.2. The number of alkyl halides is 1. The minimum Gasteiger partial charge on any atom is -0.300 e. The van der Waals surface area contributed by atoms with Gasteiger partial charge in [0.25, 0.3) is 0 Å². The zero-order chi connectivity index (χ0) is 11.3. The van der Waals surface area contributed by atoms with Crippen molar-refractivity contribution in [2.75, 3.05) is 13.6 Å². The maximum absolute atomic E-state index is 5.91. The maximum atomic E-state index is 5.91. The Labute approximate surface area is 97.3 Å². The average Bonchev–Trinajstić information content (AvgIpc) is 2.18. The van der Waals surface area contributed by atoms with Crippen LogP contribution in [0, 0.1) is 6.92 Å². The van der Waals surface area contributed by atoms with Crippen LogP contribution in [0.4, 0.5) is 0 Å². The fourth-order valence-electron chi connectivity index (χ4n) is 1.42. The van der Waals surface area contributed by atoms with Gasteiger partial charge in [0, 0.05) is 18.1 Å². The summed E-state index contributed by atoms with van der Waals surface area (Å²) >= 11 is 5.91. The van der Waals surface area contributed by atoms with Crippen LogP contribution in [0.5, 0.6) is 0 Å². The summed E-state index contributed by atoms with van der Waals surface area (Å²) in [5.74, 6) is 0. The van der Waals surface area contributed by atoms with Crippen LogP contribution < -0.4 is 0 Å². The molecule has 1 atom stereocenters. The molecule has 0 bridgehead atoms. The van der Waals surface area contributed by atoms with E-state index in [4.69, 9.17) is 11.6 Å². The Balaban J connectivity index is 2.44. The minimum absolute atomic E-state index is 0.247. The van der Waals surface area contributed by atoms with Gasteiger partial charge in [-0.25, -0.2) is 0 Å². The molecule has 1 aromatic rings. The zero-order valence-electron chi connectivity index (χ0n) is 9.70. The topological polar surface area (TPSA) is 16.1 Å². The summed E-state index contributed by atoms with van der Waals surface area (Å²) in [7, 11) is 2.10. The third-order valence-electron chi connectivity index (χ3n) is 2.45. The molecule has 3 heteroatoms. The van der Waals surface area contributed by atoms with Gasteiger partial charge in [-0.05, 0) is 45.5 Å². The minimum atomic E-state index is 0.247. The molecule has 0 radical (unpaired) electrons. The molecular weight excluding hydrogens is 208 g/mol. The summed E-state index contributed by atoms with van der Waals surface area (Å²) in [6, 6.07) is 4.07. The van der Waals surface area contributed by atoms with E-state index in [0.717, 1.165) is 25.2 Å². The molecule has 0 aliphatic rings. The van der Waals surface area contributed by atoms with E-state index in [1.165, 1.54) is 5.56 Å². The van der Waals surface area contributed by atoms with Gasteiger partial charge in [-0.2, -0.15) is 0 Å². The molecule has 0 aliphatic heterocycles. The summed E-state index contributed by atoms with van der Waals surface area (Å²) in [5, 5.41) is 0.247. The standard InChI is InChI=1S/C12H19ClN2/c1-10-5-4-7-14-12(10)9-15(3)8-6-11(2)13/h4-5,7,11H,6,8-9H2,1-3H3. The Morgan fingerprint density at radius 2 is 2.27 bits per heavy atom. The van der Waals surface area contributed by atoms with Gasteiger partial charge < -0.3 is 4.90 Å². The number of rotatable bonds is 5. The van der Waals surface area contributed by atoms with Crippen LogP contribution in [0.3, 0.4) is 0 Å². The molecule has 0 aliphatic carbocycles. The first-order chi connectivity index (χ1) is 7.09. The number of pyridine rings is 1. The van der Waals surface area contributed by atoms with Crippen LogP contribution in [0.15, 0.2) is 18.3 Å². The third-order valence-corrected chi connectivity index (χ3v) is 2.66. The highest BCUT2D eigenvalue weighted by Crippen LogP contribution is 2.07. The quantitative estimate of drug-likeness (QED) is 0.718. The fraction of sp³-hybridized carbons (Fsp3) is 0.583. The molecule has 0 amide bonds. The summed E-state index contributed by atoms with van der Waals surface area (Å²) in [5.41, 5.74) is 2.41. The number of hydrogen-bond acceptors (Lipinski definition) is 2. The molecule has 1 rings (SSSR count). The SMILES string of the molecule is Cc1cccnc1CN(C)CCC(C)Cl. The molecule has 0 saturated heterocycles. The summed E-state index contributed by atoms with van der Waals surface area (Å²) in [4.78, 5) is 6.63. The van der Waals surface area contributed by atoms with E-state index in [1.54, 1.807) is 0 Å². The first-order valence-electron chi connectivity index (χ1n) is 5.32. The van der Waals surface area contributed by atoms with Crippen molar-refractivity contribution >= 4 is 11.6 Å². The Morgan fingerprint density at radius 3 is 2.87 bits per heavy atom. The molecule has 1 aromatic heterocycles. The number of halogens is 1. The Kier molecular flexibility index (Phi) is 5.06. The lowest BCUT2D eigenvalue weighted by Crippen LogP contribution is -2.22. The lowest BCUT2D eigenvalue weighted by Gasteiger charge is -2.17. The molecule has 2 nitrogen and oxygen atoms in total. The van der Waals surface area contributed by atoms with E-state index in [0.29, 0.717) is 0 Å². The fourth-order valence-corrected chi connectivity index (χ4v) is 1.51. The van der Waals surface area contributed by atoms with Gasteiger partial charge in [0.15, 0.2) is 0 Å². The molecule has 84 valence electrons. The van der Waals surface area contributed by atoms with Crippen LogP contribution in [0.25, 0.3) is 0 Å². The molecule has 0 spiro atoms. The molecule has 0 N–H and O–H groups in total. The van der Waals surface area contributed by atoms with Crippen LogP contribution in [-0.4, -0.2) is 28.9 Å². The number of nitrogens with zero attached hydrogens (tertiary/aromatic N) is 2. The molecule has 0 fully saturated rings. The Hall–Kier alpha value is -0.600. The maximum Gasteiger partial charge on any atom is 0.0572 e. The van der Waals surface area contributed by atoms with Crippen LogP contribution in [0.2, 0.25) is 0 Å². The van der Waals surface area contributed by atoms with Crippen molar-refractivity contribution in [3.63, 3.8) is 0 Å². The second kappa shape index (κ2) is 6.09. The van der Waals surface area contributed by atoms with Crippen LogP contribution in [0.1, 0.15) is 24.6 Å². The van der Waals surface area contributed by atoms with E-state index in [1.807, 2.05) is 19.2 Å². The Morgan fingerprint density at radius 1 is 1.53 bits per heavy atom. The van der Waals surface area contributed by atoms with E-state index < -0.39 is 0 Å². The molecule has 1 unspecified atom stereocenters. The molecule has 0 aromatic carbocycles. The highest BCUT2D eigenvalue weighted by atomic mass is 35.5. The lowest BCUT2D eigenvalue weighted by molar-refractivity contribution is 0.317. The van der Waals surface area contributed by atoms with E-state index in [2.05, 4.69) is 29.9 Å².